The lowest BCUT2D eigenvalue weighted by Crippen LogP contribution is -2.30. The Morgan fingerprint density at radius 3 is 1.78 bits per heavy atom. The van der Waals surface area contributed by atoms with Crippen molar-refractivity contribution in [3.8, 4) is 0 Å². The molecule has 0 aromatic heterocycles. The molecule has 0 aliphatic rings. The lowest BCUT2D eigenvalue weighted by atomic mass is 10.0. The lowest BCUT2D eigenvalue weighted by Gasteiger charge is -2.13. The normalized spacial score (nSPS) is 8.78. The monoisotopic (exact) mass is 133 g/mol. The van der Waals surface area contributed by atoms with Crippen molar-refractivity contribution >= 4 is 0 Å². The van der Waals surface area contributed by atoms with Gasteiger partial charge in [0.15, 0.2) is 0 Å². The van der Waals surface area contributed by atoms with Gasteiger partial charge in [0.1, 0.15) is 0 Å². The topological polar surface area (TPSA) is 96.0 Å². The summed E-state index contributed by atoms with van der Waals surface area (Å²) in [5.74, 6) is 0. The summed E-state index contributed by atoms with van der Waals surface area (Å²) in [5.41, 5.74) is 5.51. The Hall–Kier alpha value is -0.380. The van der Waals surface area contributed by atoms with Crippen molar-refractivity contribution < 1.29 is 0 Å². The van der Waals surface area contributed by atoms with Crippen LogP contribution in [0.1, 0.15) is 20.3 Å². The third kappa shape index (κ3) is 18.4. The standard InChI is InChI=1S/C6H13N.2H3N/c1-4-5-6(2,3)7;;/h4H,1,5,7H2,2-3H3;2*1H3. The van der Waals surface area contributed by atoms with E-state index in [4.69, 9.17) is 5.73 Å². The quantitative estimate of drug-likeness (QED) is 0.499. The third-order valence-electron chi connectivity index (χ3n) is 0.670. The van der Waals surface area contributed by atoms with Gasteiger partial charge >= 0.3 is 0 Å². The first-order valence-electron chi connectivity index (χ1n) is 2.46. The van der Waals surface area contributed by atoms with E-state index in [9.17, 15) is 0 Å². The van der Waals surface area contributed by atoms with Crippen molar-refractivity contribution in [2.75, 3.05) is 0 Å². The minimum absolute atomic E-state index is 0. The van der Waals surface area contributed by atoms with Crippen molar-refractivity contribution in [1.82, 2.24) is 12.3 Å². The molecule has 0 aliphatic carbocycles. The van der Waals surface area contributed by atoms with Gasteiger partial charge in [0, 0.05) is 5.54 Å². The molecule has 0 aromatic rings. The predicted molar refractivity (Wildman–Crippen MR) is 43.1 cm³/mol. The molecular weight excluding hydrogens is 114 g/mol. The van der Waals surface area contributed by atoms with Crippen LogP contribution in [0, 0.1) is 0 Å². The van der Waals surface area contributed by atoms with Gasteiger partial charge in [-0.15, -0.1) is 6.58 Å². The molecule has 0 fully saturated rings. The van der Waals surface area contributed by atoms with Crippen molar-refractivity contribution in [2.24, 2.45) is 5.73 Å². The summed E-state index contributed by atoms with van der Waals surface area (Å²) in [6, 6.07) is 0. The lowest BCUT2D eigenvalue weighted by molar-refractivity contribution is 0.528. The van der Waals surface area contributed by atoms with Crippen molar-refractivity contribution in [3.05, 3.63) is 12.7 Å². The molecule has 0 rings (SSSR count). The van der Waals surface area contributed by atoms with Crippen LogP contribution in [0.4, 0.5) is 0 Å². The summed E-state index contributed by atoms with van der Waals surface area (Å²) in [6.45, 7) is 7.53. The van der Waals surface area contributed by atoms with Crippen molar-refractivity contribution in [2.45, 2.75) is 25.8 Å². The maximum Gasteiger partial charge on any atom is 0.0132 e. The van der Waals surface area contributed by atoms with Gasteiger partial charge in [-0.05, 0) is 20.3 Å². The van der Waals surface area contributed by atoms with E-state index < -0.39 is 0 Å². The molecule has 0 aliphatic heterocycles. The first-order chi connectivity index (χ1) is 3.06. The molecule has 0 radical (unpaired) electrons. The van der Waals surface area contributed by atoms with Crippen LogP contribution in [0.15, 0.2) is 12.7 Å². The maximum absolute atomic E-state index is 5.57. The molecule has 0 saturated carbocycles. The van der Waals surface area contributed by atoms with Gasteiger partial charge in [-0.3, -0.25) is 0 Å². The highest BCUT2D eigenvalue weighted by atomic mass is 14.7. The molecule has 0 spiro atoms. The summed E-state index contributed by atoms with van der Waals surface area (Å²) in [7, 11) is 0. The molecule has 0 saturated heterocycles. The number of hydrogen-bond acceptors (Lipinski definition) is 3. The van der Waals surface area contributed by atoms with Gasteiger partial charge in [0.05, 0.1) is 0 Å². The Balaban J connectivity index is -0.000000180. The Morgan fingerprint density at radius 2 is 1.78 bits per heavy atom. The van der Waals surface area contributed by atoms with Gasteiger partial charge < -0.3 is 18.0 Å². The Bertz CT molecular complexity index is 63.2. The molecule has 8 N–H and O–H groups in total. The first-order valence-corrected chi connectivity index (χ1v) is 2.46. The van der Waals surface area contributed by atoms with Crippen LogP contribution in [0.3, 0.4) is 0 Å². The SMILES string of the molecule is C=CCC(C)(C)N.N.N. The second kappa shape index (κ2) is 5.75. The van der Waals surface area contributed by atoms with Crippen LogP contribution < -0.4 is 18.0 Å². The van der Waals surface area contributed by atoms with Crippen LogP contribution in [0.5, 0.6) is 0 Å². The van der Waals surface area contributed by atoms with E-state index in [-0.39, 0.29) is 17.8 Å². The highest BCUT2D eigenvalue weighted by molar-refractivity contribution is 4.82. The fourth-order valence-corrected chi connectivity index (χ4v) is 0.372. The van der Waals surface area contributed by atoms with Gasteiger partial charge in [0.2, 0.25) is 0 Å². The van der Waals surface area contributed by atoms with E-state index in [1.165, 1.54) is 0 Å². The van der Waals surface area contributed by atoms with Crippen molar-refractivity contribution in [1.29, 1.82) is 0 Å². The summed E-state index contributed by atoms with van der Waals surface area (Å²) in [4.78, 5) is 0. The zero-order chi connectivity index (χ0) is 5.91. The maximum atomic E-state index is 5.57. The molecule has 0 unspecified atom stereocenters. The fraction of sp³-hybridized carbons (Fsp3) is 0.667. The van der Waals surface area contributed by atoms with Crippen LogP contribution in [0.25, 0.3) is 0 Å². The molecule has 0 aromatic carbocycles. The van der Waals surface area contributed by atoms with E-state index in [2.05, 4.69) is 6.58 Å². The Labute approximate surface area is 57.5 Å². The molecule has 3 nitrogen and oxygen atoms in total. The molecule has 58 valence electrons. The van der Waals surface area contributed by atoms with E-state index >= 15 is 0 Å². The van der Waals surface area contributed by atoms with Crippen LogP contribution in [-0.2, 0) is 0 Å². The third-order valence-corrected chi connectivity index (χ3v) is 0.670. The molecule has 0 atom stereocenters. The smallest absolute Gasteiger partial charge is 0.0132 e. The van der Waals surface area contributed by atoms with Crippen molar-refractivity contribution in [3.63, 3.8) is 0 Å². The zero-order valence-electron chi connectivity index (χ0n) is 6.48. The van der Waals surface area contributed by atoms with E-state index in [1.54, 1.807) is 0 Å². The Morgan fingerprint density at radius 1 is 1.44 bits per heavy atom. The molecule has 0 heterocycles. The second-order valence-electron chi connectivity index (χ2n) is 2.48. The van der Waals surface area contributed by atoms with Gasteiger partial charge in [-0.25, -0.2) is 0 Å². The van der Waals surface area contributed by atoms with Gasteiger partial charge in [-0.1, -0.05) is 6.08 Å². The van der Waals surface area contributed by atoms with Crippen LogP contribution in [-0.4, -0.2) is 5.54 Å². The van der Waals surface area contributed by atoms with Gasteiger partial charge in [-0.2, -0.15) is 0 Å². The highest BCUT2D eigenvalue weighted by Gasteiger charge is 2.05. The van der Waals surface area contributed by atoms with E-state index in [1.807, 2.05) is 19.9 Å². The summed E-state index contributed by atoms with van der Waals surface area (Å²) >= 11 is 0. The number of nitrogens with two attached hydrogens (primary N) is 1. The summed E-state index contributed by atoms with van der Waals surface area (Å²) in [5, 5.41) is 0. The average Bonchev–Trinajstić information content (AvgIpc) is 1.30. The van der Waals surface area contributed by atoms with Gasteiger partial charge in [0.25, 0.3) is 0 Å². The number of rotatable bonds is 2. The summed E-state index contributed by atoms with van der Waals surface area (Å²) in [6.07, 6.45) is 2.72. The molecule has 0 bridgehead atoms. The fourth-order valence-electron chi connectivity index (χ4n) is 0.372. The average molecular weight is 133 g/mol. The van der Waals surface area contributed by atoms with Crippen LogP contribution in [0.2, 0.25) is 0 Å². The predicted octanol–water partition coefficient (Wildman–Crippen LogP) is 1.62. The van der Waals surface area contributed by atoms with E-state index in [0.29, 0.717) is 0 Å². The molecule has 9 heavy (non-hydrogen) atoms. The summed E-state index contributed by atoms with van der Waals surface area (Å²) < 4.78 is 0. The molecular formula is C6H19N3. The Kier molecular flexibility index (Phi) is 10.1. The molecule has 3 heteroatoms. The zero-order valence-corrected chi connectivity index (χ0v) is 6.48. The minimum Gasteiger partial charge on any atom is -0.344 e. The highest BCUT2D eigenvalue weighted by Crippen LogP contribution is 2.01. The number of hydrogen-bond donors (Lipinski definition) is 3. The molecule has 0 amide bonds. The minimum atomic E-state index is -0.0677. The second-order valence-corrected chi connectivity index (χ2v) is 2.48. The first kappa shape index (κ1) is 15.8. The van der Waals surface area contributed by atoms with E-state index in [0.717, 1.165) is 6.42 Å². The van der Waals surface area contributed by atoms with Crippen LogP contribution >= 0.6 is 0 Å². The largest absolute Gasteiger partial charge is 0.344 e.